The summed E-state index contributed by atoms with van der Waals surface area (Å²) in [7, 11) is 4.20. The number of nitrogens with two attached hydrogens (primary N) is 1. The van der Waals surface area contributed by atoms with Gasteiger partial charge < -0.3 is 10.6 Å². The summed E-state index contributed by atoms with van der Waals surface area (Å²) in [5.41, 5.74) is 5.14. The quantitative estimate of drug-likeness (QED) is 0.695. The number of hydrogen-bond donors (Lipinski definition) is 1. The van der Waals surface area contributed by atoms with Crippen LogP contribution in [0.4, 0.5) is 0 Å². The van der Waals surface area contributed by atoms with E-state index >= 15 is 0 Å². The molecule has 0 aliphatic carbocycles. The van der Waals surface area contributed by atoms with Crippen LogP contribution in [-0.4, -0.2) is 80.1 Å². The molecule has 1 fully saturated rings. The molecule has 0 aromatic rings. The fourth-order valence-electron chi connectivity index (χ4n) is 2.01. The van der Waals surface area contributed by atoms with Gasteiger partial charge in [0.15, 0.2) is 0 Å². The van der Waals surface area contributed by atoms with Crippen molar-refractivity contribution in [3.05, 3.63) is 0 Å². The zero-order valence-corrected chi connectivity index (χ0v) is 11.3. The maximum atomic E-state index is 8.90. The van der Waals surface area contributed by atoms with Gasteiger partial charge in [-0.3, -0.25) is 9.80 Å². The molecule has 0 bridgehead atoms. The Hall–Kier alpha value is -0.670. The topological polar surface area (TPSA) is 59.5 Å². The lowest BCUT2D eigenvalue weighted by Gasteiger charge is -2.37. The molecule has 1 unspecified atom stereocenters. The van der Waals surface area contributed by atoms with Gasteiger partial charge in [-0.15, -0.1) is 0 Å². The van der Waals surface area contributed by atoms with Gasteiger partial charge in [0, 0.05) is 45.8 Å². The first-order valence-corrected chi connectivity index (χ1v) is 6.22. The second kappa shape index (κ2) is 6.31. The molecule has 17 heavy (non-hydrogen) atoms. The SMILES string of the molecule is CN(C)CCN1CCN(CC(C)(N)C#N)CC1. The molecule has 1 aliphatic rings. The summed E-state index contributed by atoms with van der Waals surface area (Å²) in [4.78, 5) is 6.96. The Bertz CT molecular complexity index is 261. The molecule has 0 amide bonds. The first-order chi connectivity index (χ1) is 7.93. The maximum Gasteiger partial charge on any atom is 0.114 e. The Kier molecular flexibility index (Phi) is 5.34. The van der Waals surface area contributed by atoms with Gasteiger partial charge in [0.2, 0.25) is 0 Å². The molecule has 5 heteroatoms. The van der Waals surface area contributed by atoms with Crippen LogP contribution in [0.2, 0.25) is 0 Å². The van der Waals surface area contributed by atoms with Gasteiger partial charge in [0.1, 0.15) is 5.54 Å². The van der Waals surface area contributed by atoms with Gasteiger partial charge >= 0.3 is 0 Å². The van der Waals surface area contributed by atoms with E-state index in [1.807, 2.05) is 0 Å². The molecule has 1 rings (SSSR count). The first kappa shape index (κ1) is 14.4. The number of nitriles is 1. The number of likely N-dealkylation sites (N-methyl/N-ethyl adjacent to an activating group) is 1. The lowest BCUT2D eigenvalue weighted by atomic mass is 10.1. The number of hydrogen-bond acceptors (Lipinski definition) is 5. The third-order valence-electron chi connectivity index (χ3n) is 3.14. The molecule has 2 N–H and O–H groups in total. The van der Waals surface area contributed by atoms with Crippen molar-refractivity contribution >= 4 is 0 Å². The first-order valence-electron chi connectivity index (χ1n) is 6.22. The van der Waals surface area contributed by atoms with Crippen LogP contribution in [0.15, 0.2) is 0 Å². The largest absolute Gasteiger partial charge is 0.313 e. The average Bonchev–Trinajstić information content (AvgIpc) is 2.28. The molecule has 0 spiro atoms. The molecule has 1 saturated heterocycles. The van der Waals surface area contributed by atoms with E-state index in [9.17, 15) is 0 Å². The molecule has 0 radical (unpaired) electrons. The zero-order valence-electron chi connectivity index (χ0n) is 11.3. The van der Waals surface area contributed by atoms with Crippen molar-refractivity contribution in [3.63, 3.8) is 0 Å². The summed E-state index contributed by atoms with van der Waals surface area (Å²) >= 11 is 0. The zero-order chi connectivity index (χ0) is 12.9. The Labute approximate surface area is 105 Å². The standard InChI is InChI=1S/C12H25N5/c1-12(14,10-13)11-17-8-6-16(7-9-17)5-4-15(2)3/h4-9,11,14H2,1-3H3. The van der Waals surface area contributed by atoms with Crippen LogP contribution >= 0.6 is 0 Å². The lowest BCUT2D eigenvalue weighted by Crippen LogP contribution is -2.54. The Morgan fingerprint density at radius 2 is 1.76 bits per heavy atom. The molecule has 0 saturated carbocycles. The highest BCUT2D eigenvalue weighted by Crippen LogP contribution is 2.06. The fraction of sp³-hybridized carbons (Fsp3) is 0.917. The second-order valence-corrected chi connectivity index (χ2v) is 5.45. The predicted octanol–water partition coefficient (Wildman–Crippen LogP) is -0.593. The molecule has 0 aromatic heterocycles. The van der Waals surface area contributed by atoms with Crippen molar-refractivity contribution in [2.24, 2.45) is 5.73 Å². The highest BCUT2D eigenvalue weighted by Gasteiger charge is 2.24. The summed E-state index contributed by atoms with van der Waals surface area (Å²) in [6.45, 7) is 8.89. The summed E-state index contributed by atoms with van der Waals surface area (Å²) in [5.74, 6) is 0. The third kappa shape index (κ3) is 5.46. The summed E-state index contributed by atoms with van der Waals surface area (Å²) < 4.78 is 0. The Morgan fingerprint density at radius 1 is 1.24 bits per heavy atom. The number of nitrogens with zero attached hydrogens (tertiary/aromatic N) is 4. The van der Waals surface area contributed by atoms with E-state index < -0.39 is 5.54 Å². The minimum absolute atomic E-state index is 0.672. The summed E-state index contributed by atoms with van der Waals surface area (Å²) in [6, 6.07) is 2.16. The van der Waals surface area contributed by atoms with Gasteiger partial charge in [0.25, 0.3) is 0 Å². The minimum Gasteiger partial charge on any atom is -0.313 e. The van der Waals surface area contributed by atoms with Gasteiger partial charge in [-0.05, 0) is 21.0 Å². The van der Waals surface area contributed by atoms with Crippen LogP contribution in [0.1, 0.15) is 6.92 Å². The van der Waals surface area contributed by atoms with E-state index in [2.05, 4.69) is 34.9 Å². The summed E-state index contributed by atoms with van der Waals surface area (Å²) in [6.07, 6.45) is 0. The van der Waals surface area contributed by atoms with Crippen molar-refractivity contribution in [1.82, 2.24) is 14.7 Å². The maximum absolute atomic E-state index is 8.90. The third-order valence-corrected chi connectivity index (χ3v) is 3.14. The van der Waals surface area contributed by atoms with Gasteiger partial charge in [-0.1, -0.05) is 0 Å². The molecule has 1 heterocycles. The predicted molar refractivity (Wildman–Crippen MR) is 69.6 cm³/mol. The second-order valence-electron chi connectivity index (χ2n) is 5.45. The number of piperazine rings is 1. The molecule has 0 aromatic carbocycles. The van der Waals surface area contributed by atoms with E-state index in [0.29, 0.717) is 6.54 Å². The van der Waals surface area contributed by atoms with Crippen molar-refractivity contribution in [3.8, 4) is 6.07 Å². The molecule has 98 valence electrons. The lowest BCUT2D eigenvalue weighted by molar-refractivity contribution is 0.115. The van der Waals surface area contributed by atoms with E-state index in [1.165, 1.54) is 0 Å². The summed E-state index contributed by atoms with van der Waals surface area (Å²) in [5, 5.41) is 8.90. The smallest absolute Gasteiger partial charge is 0.114 e. The van der Waals surface area contributed by atoms with Crippen LogP contribution in [0.3, 0.4) is 0 Å². The van der Waals surface area contributed by atoms with E-state index in [1.54, 1.807) is 6.92 Å². The fourth-order valence-corrected chi connectivity index (χ4v) is 2.01. The minimum atomic E-state index is -0.716. The molecule has 5 nitrogen and oxygen atoms in total. The highest BCUT2D eigenvalue weighted by atomic mass is 15.3. The van der Waals surface area contributed by atoms with Crippen LogP contribution in [0, 0.1) is 11.3 Å². The van der Waals surface area contributed by atoms with Crippen LogP contribution < -0.4 is 5.73 Å². The molecule has 1 atom stereocenters. The molecule has 1 aliphatic heterocycles. The van der Waals surface area contributed by atoms with Gasteiger partial charge in [-0.25, -0.2) is 0 Å². The van der Waals surface area contributed by atoms with Gasteiger partial charge in [-0.2, -0.15) is 5.26 Å². The molecular weight excluding hydrogens is 214 g/mol. The average molecular weight is 239 g/mol. The van der Waals surface area contributed by atoms with Crippen molar-refractivity contribution in [1.29, 1.82) is 5.26 Å². The van der Waals surface area contributed by atoms with Crippen LogP contribution in [0.25, 0.3) is 0 Å². The van der Waals surface area contributed by atoms with Crippen molar-refractivity contribution < 1.29 is 0 Å². The highest BCUT2D eigenvalue weighted by molar-refractivity contribution is 5.03. The van der Waals surface area contributed by atoms with Crippen molar-refractivity contribution in [2.45, 2.75) is 12.5 Å². The molecular formula is C12H25N5. The van der Waals surface area contributed by atoms with E-state index in [4.69, 9.17) is 11.0 Å². The Balaban J connectivity index is 2.24. The van der Waals surface area contributed by atoms with Gasteiger partial charge in [0.05, 0.1) is 6.07 Å². The van der Waals surface area contributed by atoms with E-state index in [-0.39, 0.29) is 0 Å². The van der Waals surface area contributed by atoms with Crippen molar-refractivity contribution in [2.75, 3.05) is 59.9 Å². The Morgan fingerprint density at radius 3 is 2.24 bits per heavy atom. The number of rotatable bonds is 5. The monoisotopic (exact) mass is 239 g/mol. The van der Waals surface area contributed by atoms with E-state index in [0.717, 1.165) is 39.3 Å². The van der Waals surface area contributed by atoms with Crippen LogP contribution in [-0.2, 0) is 0 Å². The van der Waals surface area contributed by atoms with Crippen LogP contribution in [0.5, 0.6) is 0 Å². The normalized spacial score (nSPS) is 22.4.